The van der Waals surface area contributed by atoms with Crippen molar-refractivity contribution >= 4 is 15.7 Å². The van der Waals surface area contributed by atoms with Crippen LogP contribution in [0, 0.1) is 13.8 Å². The van der Waals surface area contributed by atoms with E-state index in [4.69, 9.17) is 5.73 Å². The lowest BCUT2D eigenvalue weighted by Gasteiger charge is -2.21. The number of rotatable bonds is 5. The highest BCUT2D eigenvalue weighted by molar-refractivity contribution is 7.89. The number of benzene rings is 1. The fourth-order valence-electron chi connectivity index (χ4n) is 2.07. The van der Waals surface area contributed by atoms with Gasteiger partial charge in [0.05, 0.1) is 4.90 Å². The molecule has 0 saturated heterocycles. The maximum Gasteiger partial charge on any atom is 0.243 e. The molecule has 1 aliphatic rings. The van der Waals surface area contributed by atoms with Gasteiger partial charge in [0.15, 0.2) is 0 Å². The normalized spacial score (nSPS) is 15.7. The fraction of sp³-hybridized carbons (Fsp3) is 0.429. The Morgan fingerprint density at radius 1 is 1.42 bits per heavy atom. The van der Waals surface area contributed by atoms with Crippen LogP contribution < -0.4 is 5.73 Å². The molecule has 0 aliphatic heterocycles. The molecule has 104 valence electrons. The second kappa shape index (κ2) is 4.98. The van der Waals surface area contributed by atoms with Crippen molar-refractivity contribution in [3.8, 4) is 0 Å². The minimum Gasteiger partial charge on any atom is -0.398 e. The van der Waals surface area contributed by atoms with Crippen molar-refractivity contribution in [2.24, 2.45) is 0 Å². The predicted octanol–water partition coefficient (Wildman–Crippen LogP) is 2.22. The molecule has 1 aromatic rings. The summed E-state index contributed by atoms with van der Waals surface area (Å²) in [6.45, 7) is 7.75. The molecule has 0 amide bonds. The van der Waals surface area contributed by atoms with Crippen molar-refractivity contribution in [3.63, 3.8) is 0 Å². The average molecular weight is 280 g/mol. The van der Waals surface area contributed by atoms with E-state index in [1.165, 1.54) is 4.31 Å². The molecule has 0 unspecified atom stereocenters. The van der Waals surface area contributed by atoms with Crippen LogP contribution in [0.5, 0.6) is 0 Å². The van der Waals surface area contributed by atoms with E-state index < -0.39 is 10.0 Å². The fourth-order valence-corrected chi connectivity index (χ4v) is 3.85. The van der Waals surface area contributed by atoms with Crippen LogP contribution in [0.4, 0.5) is 5.69 Å². The zero-order chi connectivity index (χ0) is 14.2. The van der Waals surface area contributed by atoms with Gasteiger partial charge in [-0.2, -0.15) is 4.31 Å². The van der Waals surface area contributed by atoms with Crippen LogP contribution in [-0.2, 0) is 10.0 Å². The van der Waals surface area contributed by atoms with Crippen LogP contribution in [0.15, 0.2) is 29.7 Å². The van der Waals surface area contributed by atoms with Crippen LogP contribution in [0.25, 0.3) is 0 Å². The Kier molecular flexibility index (Phi) is 3.69. The van der Waals surface area contributed by atoms with E-state index in [0.29, 0.717) is 12.2 Å². The molecule has 1 aromatic carbocycles. The second-order valence-electron chi connectivity index (χ2n) is 5.05. The molecule has 5 heteroatoms. The number of nitrogens with two attached hydrogens (primary N) is 1. The van der Waals surface area contributed by atoms with E-state index in [0.717, 1.165) is 24.0 Å². The maximum absolute atomic E-state index is 12.6. The molecule has 0 bridgehead atoms. The lowest BCUT2D eigenvalue weighted by atomic mass is 10.1. The van der Waals surface area contributed by atoms with Gasteiger partial charge in [-0.05, 0) is 49.9 Å². The first-order valence-corrected chi connectivity index (χ1v) is 7.81. The van der Waals surface area contributed by atoms with Crippen molar-refractivity contribution in [3.05, 3.63) is 35.9 Å². The molecular weight excluding hydrogens is 260 g/mol. The molecule has 1 fully saturated rings. The van der Waals surface area contributed by atoms with E-state index in [2.05, 4.69) is 6.58 Å². The van der Waals surface area contributed by atoms with Crippen molar-refractivity contribution in [2.45, 2.75) is 37.6 Å². The SMILES string of the molecule is C=CCN(C1CC1)S(=O)(=O)c1cc(C)c(C)c(N)c1. The lowest BCUT2D eigenvalue weighted by Crippen LogP contribution is -2.33. The van der Waals surface area contributed by atoms with Crippen LogP contribution in [-0.4, -0.2) is 25.3 Å². The number of nitrogens with zero attached hydrogens (tertiary/aromatic N) is 1. The monoisotopic (exact) mass is 280 g/mol. The summed E-state index contributed by atoms with van der Waals surface area (Å²) in [5.74, 6) is 0. The van der Waals surface area contributed by atoms with Crippen LogP contribution in [0.2, 0.25) is 0 Å². The Labute approximate surface area is 115 Å². The van der Waals surface area contributed by atoms with Gasteiger partial charge >= 0.3 is 0 Å². The van der Waals surface area contributed by atoms with Crippen LogP contribution in [0.1, 0.15) is 24.0 Å². The standard InChI is InChI=1S/C14H20N2O2S/c1-4-7-16(12-5-6-12)19(17,18)13-8-10(2)11(3)14(15)9-13/h4,8-9,12H,1,5-7,15H2,2-3H3. The molecule has 1 saturated carbocycles. The van der Waals surface area contributed by atoms with Gasteiger partial charge in [-0.1, -0.05) is 6.08 Å². The smallest absolute Gasteiger partial charge is 0.243 e. The minimum atomic E-state index is -3.48. The number of hydrogen-bond donors (Lipinski definition) is 1. The molecule has 0 atom stereocenters. The average Bonchev–Trinajstić information content (AvgIpc) is 3.16. The summed E-state index contributed by atoms with van der Waals surface area (Å²) in [5.41, 5.74) is 8.23. The highest BCUT2D eigenvalue weighted by Crippen LogP contribution is 2.33. The predicted molar refractivity (Wildman–Crippen MR) is 77.4 cm³/mol. The highest BCUT2D eigenvalue weighted by atomic mass is 32.2. The minimum absolute atomic E-state index is 0.117. The first kappa shape index (κ1) is 14.1. The van der Waals surface area contributed by atoms with E-state index in [9.17, 15) is 8.42 Å². The molecule has 2 N–H and O–H groups in total. The van der Waals surface area contributed by atoms with E-state index in [1.807, 2.05) is 13.8 Å². The molecular formula is C14H20N2O2S. The van der Waals surface area contributed by atoms with E-state index in [1.54, 1.807) is 18.2 Å². The summed E-state index contributed by atoms with van der Waals surface area (Å²) in [6.07, 6.45) is 3.47. The number of hydrogen-bond acceptors (Lipinski definition) is 3. The first-order chi connectivity index (χ1) is 8.87. The molecule has 0 radical (unpaired) electrons. The molecule has 4 nitrogen and oxygen atoms in total. The summed E-state index contributed by atoms with van der Waals surface area (Å²) >= 11 is 0. The Hall–Kier alpha value is -1.33. The van der Waals surface area contributed by atoms with Gasteiger partial charge in [-0.15, -0.1) is 6.58 Å². The Bertz CT molecular complexity index is 581. The Morgan fingerprint density at radius 2 is 2.05 bits per heavy atom. The van der Waals surface area contributed by atoms with Crippen molar-refractivity contribution in [2.75, 3.05) is 12.3 Å². The van der Waals surface area contributed by atoms with Gasteiger partial charge in [-0.3, -0.25) is 0 Å². The van der Waals surface area contributed by atoms with Gasteiger partial charge in [0.2, 0.25) is 10.0 Å². The lowest BCUT2D eigenvalue weighted by molar-refractivity contribution is 0.436. The molecule has 1 aliphatic carbocycles. The van der Waals surface area contributed by atoms with E-state index in [-0.39, 0.29) is 10.9 Å². The van der Waals surface area contributed by atoms with Gasteiger partial charge in [0, 0.05) is 18.3 Å². The van der Waals surface area contributed by atoms with Crippen molar-refractivity contribution in [1.29, 1.82) is 0 Å². The Balaban J connectivity index is 2.46. The third-order valence-electron chi connectivity index (χ3n) is 3.55. The summed E-state index contributed by atoms with van der Waals surface area (Å²) in [7, 11) is -3.48. The van der Waals surface area contributed by atoms with E-state index >= 15 is 0 Å². The number of anilines is 1. The van der Waals surface area contributed by atoms with Crippen molar-refractivity contribution < 1.29 is 8.42 Å². The number of sulfonamides is 1. The number of aryl methyl sites for hydroxylation is 1. The van der Waals surface area contributed by atoms with Crippen LogP contribution >= 0.6 is 0 Å². The molecule has 0 spiro atoms. The molecule has 0 aromatic heterocycles. The quantitative estimate of drug-likeness (QED) is 0.664. The second-order valence-corrected chi connectivity index (χ2v) is 6.94. The maximum atomic E-state index is 12.6. The molecule has 2 rings (SSSR count). The van der Waals surface area contributed by atoms with Crippen molar-refractivity contribution in [1.82, 2.24) is 4.31 Å². The highest BCUT2D eigenvalue weighted by Gasteiger charge is 2.37. The number of nitrogen functional groups attached to an aromatic ring is 1. The molecule has 0 heterocycles. The first-order valence-electron chi connectivity index (χ1n) is 6.37. The summed E-state index contributed by atoms with van der Waals surface area (Å²) in [4.78, 5) is 0.279. The van der Waals surface area contributed by atoms with Gasteiger partial charge in [0.1, 0.15) is 0 Å². The Morgan fingerprint density at radius 3 is 2.53 bits per heavy atom. The van der Waals surface area contributed by atoms with Gasteiger partial charge in [-0.25, -0.2) is 8.42 Å². The zero-order valence-electron chi connectivity index (χ0n) is 11.4. The van der Waals surface area contributed by atoms with Gasteiger partial charge in [0.25, 0.3) is 0 Å². The molecule has 19 heavy (non-hydrogen) atoms. The topological polar surface area (TPSA) is 63.4 Å². The third kappa shape index (κ3) is 2.67. The largest absolute Gasteiger partial charge is 0.398 e. The summed E-state index contributed by atoms with van der Waals surface area (Å²) in [5, 5.41) is 0. The van der Waals surface area contributed by atoms with Crippen LogP contribution in [0.3, 0.4) is 0 Å². The summed E-state index contributed by atoms with van der Waals surface area (Å²) < 4.78 is 26.8. The van der Waals surface area contributed by atoms with Gasteiger partial charge < -0.3 is 5.73 Å². The zero-order valence-corrected chi connectivity index (χ0v) is 12.2. The third-order valence-corrected chi connectivity index (χ3v) is 5.45. The summed E-state index contributed by atoms with van der Waals surface area (Å²) in [6, 6.07) is 3.36.